The van der Waals surface area contributed by atoms with Crippen LogP contribution in [0.1, 0.15) is 12.0 Å². The van der Waals surface area contributed by atoms with Crippen molar-refractivity contribution in [2.75, 3.05) is 13.6 Å². The summed E-state index contributed by atoms with van der Waals surface area (Å²) >= 11 is 3.27. The number of likely N-dealkylation sites (N-methyl/N-ethyl adjacent to an activating group) is 1. The second kappa shape index (κ2) is 6.36. The van der Waals surface area contributed by atoms with Crippen LogP contribution in [0.3, 0.4) is 0 Å². The lowest BCUT2D eigenvalue weighted by Crippen LogP contribution is -2.28. The zero-order chi connectivity index (χ0) is 12.8. The van der Waals surface area contributed by atoms with Crippen molar-refractivity contribution in [3.05, 3.63) is 34.1 Å². The van der Waals surface area contributed by atoms with Gasteiger partial charge in [0.25, 0.3) is 0 Å². The molecule has 0 N–H and O–H groups in total. The summed E-state index contributed by atoms with van der Waals surface area (Å²) in [7, 11) is 1.61. The molecular weight excluding hydrogens is 287 g/mol. The summed E-state index contributed by atoms with van der Waals surface area (Å²) in [6, 6.07) is 6.50. The Labute approximate surface area is 108 Å². The molecule has 1 amide bonds. The third-order valence-electron chi connectivity index (χ3n) is 2.38. The van der Waals surface area contributed by atoms with Gasteiger partial charge in [0.05, 0.1) is 6.07 Å². The Morgan fingerprint density at radius 2 is 2.29 bits per heavy atom. The van der Waals surface area contributed by atoms with Crippen LogP contribution < -0.4 is 0 Å². The number of hydrogen-bond donors (Lipinski definition) is 0. The first kappa shape index (κ1) is 13.7. The number of nitrogens with zero attached hydrogens (tertiary/aromatic N) is 2. The Hall–Kier alpha value is -1.41. The van der Waals surface area contributed by atoms with Crippen LogP contribution in [0.15, 0.2) is 22.7 Å². The van der Waals surface area contributed by atoms with Crippen molar-refractivity contribution in [1.29, 1.82) is 5.26 Å². The van der Waals surface area contributed by atoms with Gasteiger partial charge in [-0.25, -0.2) is 4.39 Å². The molecule has 0 saturated heterocycles. The summed E-state index contributed by atoms with van der Waals surface area (Å²) in [6.45, 7) is 0.397. The summed E-state index contributed by atoms with van der Waals surface area (Å²) in [5, 5.41) is 8.39. The van der Waals surface area contributed by atoms with Gasteiger partial charge in [-0.05, 0) is 30.2 Å². The van der Waals surface area contributed by atoms with Crippen LogP contribution in [0.2, 0.25) is 0 Å². The van der Waals surface area contributed by atoms with Crippen LogP contribution in [0.5, 0.6) is 0 Å². The van der Waals surface area contributed by atoms with Gasteiger partial charge in [-0.15, -0.1) is 0 Å². The fraction of sp³-hybridized carbons (Fsp3) is 0.333. The zero-order valence-corrected chi connectivity index (χ0v) is 11.0. The smallest absolute Gasteiger partial charge is 0.236 e. The molecule has 0 unspecified atom stereocenters. The molecule has 0 bridgehead atoms. The standard InChI is InChI=1S/C12H12BrFN2O/c1-16(12(17)4-6-15)7-5-9-8-10(13)2-3-11(9)14/h2-3,8H,4-5,7H2,1H3. The van der Waals surface area contributed by atoms with Crippen molar-refractivity contribution >= 4 is 21.8 Å². The third-order valence-corrected chi connectivity index (χ3v) is 2.87. The number of halogens is 2. The number of carbonyl (C=O) groups excluding carboxylic acids is 1. The number of carbonyl (C=O) groups is 1. The van der Waals surface area contributed by atoms with Crippen molar-refractivity contribution in [3.8, 4) is 6.07 Å². The van der Waals surface area contributed by atoms with Gasteiger partial charge in [0, 0.05) is 18.1 Å². The minimum atomic E-state index is -0.283. The molecule has 5 heteroatoms. The minimum absolute atomic E-state index is 0.141. The fourth-order valence-corrected chi connectivity index (χ4v) is 1.76. The highest BCUT2D eigenvalue weighted by Gasteiger charge is 2.09. The third kappa shape index (κ3) is 4.16. The lowest BCUT2D eigenvalue weighted by Gasteiger charge is -2.15. The summed E-state index contributed by atoms with van der Waals surface area (Å²) in [6.07, 6.45) is 0.288. The minimum Gasteiger partial charge on any atom is -0.345 e. The van der Waals surface area contributed by atoms with E-state index < -0.39 is 0 Å². The van der Waals surface area contributed by atoms with Gasteiger partial charge in [0.15, 0.2) is 0 Å². The number of amides is 1. The van der Waals surface area contributed by atoms with E-state index in [2.05, 4.69) is 15.9 Å². The molecule has 17 heavy (non-hydrogen) atoms. The Bertz CT molecular complexity index is 456. The SMILES string of the molecule is CN(CCc1cc(Br)ccc1F)C(=O)CC#N. The van der Waals surface area contributed by atoms with Gasteiger partial charge < -0.3 is 4.90 Å². The topological polar surface area (TPSA) is 44.1 Å². The number of benzene rings is 1. The Balaban J connectivity index is 2.59. The molecule has 0 radical (unpaired) electrons. The molecule has 0 saturated carbocycles. The number of hydrogen-bond acceptors (Lipinski definition) is 2. The van der Waals surface area contributed by atoms with E-state index in [0.29, 0.717) is 18.5 Å². The monoisotopic (exact) mass is 298 g/mol. The predicted molar refractivity (Wildman–Crippen MR) is 65.7 cm³/mol. The molecule has 0 aliphatic rings. The molecular formula is C12H12BrFN2O. The summed E-state index contributed by atoms with van der Waals surface area (Å²) in [5.74, 6) is -0.530. The molecule has 1 rings (SSSR count). The molecule has 0 spiro atoms. The highest BCUT2D eigenvalue weighted by atomic mass is 79.9. The summed E-state index contributed by atoms with van der Waals surface area (Å²) in [4.78, 5) is 12.8. The zero-order valence-electron chi connectivity index (χ0n) is 9.41. The van der Waals surface area contributed by atoms with Crippen LogP contribution in [0, 0.1) is 17.1 Å². The maximum absolute atomic E-state index is 13.4. The molecule has 3 nitrogen and oxygen atoms in total. The molecule has 0 fully saturated rings. The average Bonchev–Trinajstić information content (AvgIpc) is 2.30. The van der Waals surface area contributed by atoms with E-state index in [1.54, 1.807) is 25.2 Å². The van der Waals surface area contributed by atoms with Crippen molar-refractivity contribution in [1.82, 2.24) is 4.90 Å². The van der Waals surface area contributed by atoms with E-state index in [4.69, 9.17) is 5.26 Å². The van der Waals surface area contributed by atoms with Crippen molar-refractivity contribution in [3.63, 3.8) is 0 Å². The lowest BCUT2D eigenvalue weighted by molar-refractivity contribution is -0.128. The van der Waals surface area contributed by atoms with E-state index in [9.17, 15) is 9.18 Å². The molecule has 0 atom stereocenters. The van der Waals surface area contributed by atoms with Gasteiger partial charge in [-0.3, -0.25) is 4.79 Å². The van der Waals surface area contributed by atoms with E-state index >= 15 is 0 Å². The van der Waals surface area contributed by atoms with Gasteiger partial charge in [-0.2, -0.15) is 5.26 Å². The molecule has 0 aliphatic heterocycles. The average molecular weight is 299 g/mol. The molecule has 1 aromatic carbocycles. The second-order valence-electron chi connectivity index (χ2n) is 3.64. The van der Waals surface area contributed by atoms with Crippen LogP contribution >= 0.6 is 15.9 Å². The normalized spacial score (nSPS) is 9.76. The van der Waals surface area contributed by atoms with Gasteiger partial charge in [-0.1, -0.05) is 15.9 Å². The molecule has 1 aromatic rings. The van der Waals surface area contributed by atoms with Gasteiger partial charge in [0.2, 0.25) is 5.91 Å². The van der Waals surface area contributed by atoms with Crippen molar-refractivity contribution in [2.45, 2.75) is 12.8 Å². The van der Waals surface area contributed by atoms with E-state index in [1.807, 2.05) is 0 Å². The summed E-state index contributed by atoms with van der Waals surface area (Å²) in [5.41, 5.74) is 0.552. The van der Waals surface area contributed by atoms with Crippen LogP contribution in [0.25, 0.3) is 0 Å². The Morgan fingerprint density at radius 3 is 2.94 bits per heavy atom. The van der Waals surface area contributed by atoms with Crippen LogP contribution in [-0.2, 0) is 11.2 Å². The van der Waals surface area contributed by atoms with Crippen molar-refractivity contribution < 1.29 is 9.18 Å². The Morgan fingerprint density at radius 1 is 1.59 bits per heavy atom. The second-order valence-corrected chi connectivity index (χ2v) is 4.55. The van der Waals surface area contributed by atoms with Crippen molar-refractivity contribution in [2.24, 2.45) is 0 Å². The molecule has 0 aliphatic carbocycles. The van der Waals surface area contributed by atoms with Crippen LogP contribution in [-0.4, -0.2) is 24.4 Å². The summed E-state index contributed by atoms with van der Waals surface area (Å²) < 4.78 is 14.2. The van der Waals surface area contributed by atoms with Crippen LogP contribution in [0.4, 0.5) is 4.39 Å². The first-order valence-electron chi connectivity index (χ1n) is 5.09. The first-order chi connectivity index (χ1) is 8.04. The number of rotatable bonds is 4. The molecule has 90 valence electrons. The predicted octanol–water partition coefficient (Wildman–Crippen LogP) is 2.50. The van der Waals surface area contributed by atoms with E-state index in [0.717, 1.165) is 4.47 Å². The molecule has 0 aromatic heterocycles. The van der Waals surface area contributed by atoms with Gasteiger partial charge >= 0.3 is 0 Å². The first-order valence-corrected chi connectivity index (χ1v) is 5.88. The largest absolute Gasteiger partial charge is 0.345 e. The highest BCUT2D eigenvalue weighted by Crippen LogP contribution is 2.16. The van der Waals surface area contributed by atoms with Gasteiger partial charge in [0.1, 0.15) is 12.2 Å². The quantitative estimate of drug-likeness (QED) is 0.857. The molecule has 0 heterocycles. The highest BCUT2D eigenvalue weighted by molar-refractivity contribution is 9.10. The van der Waals surface area contributed by atoms with E-state index in [1.165, 1.54) is 11.0 Å². The number of nitriles is 1. The Kier molecular flexibility index (Phi) is 5.11. The lowest BCUT2D eigenvalue weighted by atomic mass is 10.1. The fourth-order valence-electron chi connectivity index (χ4n) is 1.35. The maximum atomic E-state index is 13.4. The maximum Gasteiger partial charge on any atom is 0.236 e. The van der Waals surface area contributed by atoms with E-state index in [-0.39, 0.29) is 18.1 Å².